The first-order valence-corrected chi connectivity index (χ1v) is 21.7. The molecule has 0 aliphatic heterocycles. The van der Waals surface area contributed by atoms with E-state index in [0.29, 0.717) is 5.56 Å². The van der Waals surface area contributed by atoms with Crippen LogP contribution in [0, 0.1) is 0 Å². The zero-order chi connectivity index (χ0) is 44.4. The summed E-state index contributed by atoms with van der Waals surface area (Å²) in [5.41, 5.74) is 4.36. The van der Waals surface area contributed by atoms with Gasteiger partial charge in [-0.3, -0.25) is 14.4 Å². The molecule has 0 saturated heterocycles. The summed E-state index contributed by atoms with van der Waals surface area (Å²) < 4.78 is -0.857. The van der Waals surface area contributed by atoms with E-state index in [-0.39, 0.29) is 34.4 Å². The fourth-order valence-electron chi connectivity index (χ4n) is 7.99. The molecule has 0 aromatic heterocycles. The lowest BCUT2D eigenvalue weighted by Gasteiger charge is -2.44. The predicted octanol–water partition coefficient (Wildman–Crippen LogP) is 10.2. The van der Waals surface area contributed by atoms with Crippen molar-refractivity contribution in [3.05, 3.63) is 239 Å². The summed E-state index contributed by atoms with van der Waals surface area (Å²) in [5.74, 6) is -2.02. The van der Waals surface area contributed by atoms with Crippen LogP contribution in [0.1, 0.15) is 70.4 Å². The largest absolute Gasteiger partial charge is 0.530 e. The number of rotatable bonds is 15. The Labute approximate surface area is 373 Å². The highest BCUT2D eigenvalue weighted by Gasteiger charge is 2.41. The van der Waals surface area contributed by atoms with E-state index in [4.69, 9.17) is 0 Å². The fourth-order valence-corrected chi connectivity index (χ4v) is 9.61. The minimum Gasteiger partial charge on any atom is -0.530 e. The van der Waals surface area contributed by atoms with Crippen LogP contribution < -0.4 is 15.7 Å². The number of amides is 3. The van der Waals surface area contributed by atoms with Crippen molar-refractivity contribution in [1.82, 2.24) is 4.90 Å². The molecule has 2 N–H and O–H groups in total. The Morgan fingerprint density at radius 2 is 0.984 bits per heavy atom. The van der Waals surface area contributed by atoms with Crippen molar-refractivity contribution in [2.75, 3.05) is 16.4 Å². The Balaban J connectivity index is 1.27. The third-order valence-electron chi connectivity index (χ3n) is 10.9. The van der Waals surface area contributed by atoms with Gasteiger partial charge in [-0.05, 0) is 66.8 Å². The number of hydrogen-bond acceptors (Lipinski definition) is 6. The molecule has 0 spiro atoms. The predicted molar refractivity (Wildman–Crippen MR) is 251 cm³/mol. The van der Waals surface area contributed by atoms with E-state index in [1.54, 1.807) is 63.2 Å². The van der Waals surface area contributed by atoms with Gasteiger partial charge in [-0.15, -0.1) is 11.8 Å². The van der Waals surface area contributed by atoms with Crippen molar-refractivity contribution in [1.29, 1.82) is 0 Å². The molecule has 0 bridgehead atoms. The molecule has 1 atom stereocenters. The van der Waals surface area contributed by atoms with Crippen LogP contribution in [0.3, 0.4) is 0 Å². The van der Waals surface area contributed by atoms with E-state index >= 15 is 0 Å². The lowest BCUT2D eigenvalue weighted by atomic mass is 9.84. The Morgan fingerprint density at radius 3 is 1.41 bits per heavy atom. The number of thioether (sulfide) groups is 1. The molecule has 7 rings (SSSR count). The van der Waals surface area contributed by atoms with Gasteiger partial charge in [-0.1, -0.05) is 182 Å². The van der Waals surface area contributed by atoms with Gasteiger partial charge >= 0.3 is 0 Å². The van der Waals surface area contributed by atoms with Gasteiger partial charge in [0.1, 0.15) is 12.1 Å². The van der Waals surface area contributed by atoms with Gasteiger partial charge in [0, 0.05) is 28.1 Å². The molecule has 63 heavy (non-hydrogen) atoms. The lowest BCUT2D eigenvalue weighted by molar-refractivity contribution is -0.272. The van der Waals surface area contributed by atoms with Gasteiger partial charge in [-0.25, -0.2) is 0 Å². The van der Waals surface area contributed by atoms with E-state index in [9.17, 15) is 24.3 Å². The highest BCUT2D eigenvalue weighted by Crippen LogP contribution is 2.49. The topological polar surface area (TPSA) is 119 Å². The van der Waals surface area contributed by atoms with Crippen LogP contribution in [-0.2, 0) is 14.3 Å². The van der Waals surface area contributed by atoms with E-state index in [0.717, 1.165) is 32.7 Å². The van der Waals surface area contributed by atoms with Crippen molar-refractivity contribution < 1.29 is 24.3 Å². The number of ketones is 1. The second-order valence-electron chi connectivity index (χ2n) is 16.1. The molecule has 3 amide bonds. The van der Waals surface area contributed by atoms with Crippen LogP contribution in [0.2, 0.25) is 0 Å². The zero-order valence-electron chi connectivity index (χ0n) is 35.3. The highest BCUT2D eigenvalue weighted by atomic mass is 32.2. The molecule has 316 valence electrons. The first-order chi connectivity index (χ1) is 30.5. The van der Waals surface area contributed by atoms with Crippen molar-refractivity contribution >= 4 is 46.8 Å². The molecule has 0 saturated carbocycles. The van der Waals surface area contributed by atoms with Crippen LogP contribution in [0.25, 0.3) is 0 Å². The molecule has 8 nitrogen and oxygen atoms in total. The number of carboxylic acid groups (broad SMARTS) is 1. The molecular formula is C54H48N3O5S-. The number of carbonyl (C=O) groups excluding carboxylic acids is 4. The third-order valence-corrected chi connectivity index (χ3v) is 12.5. The van der Waals surface area contributed by atoms with Crippen molar-refractivity contribution in [3.63, 3.8) is 0 Å². The lowest BCUT2D eigenvalue weighted by Crippen LogP contribution is -2.61. The van der Waals surface area contributed by atoms with Crippen molar-refractivity contribution in [3.8, 4) is 0 Å². The van der Waals surface area contributed by atoms with Gasteiger partial charge in [0.05, 0.1) is 16.4 Å². The summed E-state index contributed by atoms with van der Waals surface area (Å²) in [6.45, 7) is 5.16. The minimum atomic E-state index is -1.50. The number of nitrogens with one attached hydrogen (secondary N) is 2. The zero-order valence-corrected chi connectivity index (χ0v) is 36.1. The van der Waals surface area contributed by atoms with E-state index < -0.39 is 34.2 Å². The molecule has 0 radical (unpaired) electrons. The maximum atomic E-state index is 14.8. The summed E-state index contributed by atoms with van der Waals surface area (Å²) in [4.78, 5) is 57.7. The number of anilines is 2. The van der Waals surface area contributed by atoms with Gasteiger partial charge in [-0.2, -0.15) is 0 Å². The second-order valence-corrected chi connectivity index (χ2v) is 17.3. The summed E-state index contributed by atoms with van der Waals surface area (Å²) in [6, 6.07) is 60.8. The number of carbonyl (C=O) groups is 4. The minimum absolute atomic E-state index is 0.0140. The van der Waals surface area contributed by atoms with Gasteiger partial charge in [0.2, 0.25) is 11.8 Å². The van der Waals surface area contributed by atoms with E-state index in [1.165, 1.54) is 17.8 Å². The molecule has 0 aliphatic rings. The second kappa shape index (κ2) is 19.6. The van der Waals surface area contributed by atoms with E-state index in [1.807, 2.05) is 152 Å². The monoisotopic (exact) mass is 850 g/mol. The Bertz CT molecular complexity index is 2510. The molecule has 0 fully saturated rings. The number of hydrogen-bond donors (Lipinski definition) is 2. The van der Waals surface area contributed by atoms with Gasteiger partial charge < -0.3 is 25.4 Å². The average Bonchev–Trinajstić information content (AvgIpc) is 3.30. The number of benzene rings is 7. The first kappa shape index (κ1) is 43.8. The fraction of sp³-hybridized carbons (Fsp3) is 0.148. The third kappa shape index (κ3) is 9.96. The molecule has 7 aromatic carbocycles. The van der Waals surface area contributed by atoms with Crippen LogP contribution in [-0.4, -0.2) is 45.9 Å². The Morgan fingerprint density at radius 1 is 0.556 bits per heavy atom. The maximum absolute atomic E-state index is 14.8. The quantitative estimate of drug-likeness (QED) is 0.0784. The van der Waals surface area contributed by atoms with Crippen LogP contribution in [0.5, 0.6) is 0 Å². The summed E-state index contributed by atoms with van der Waals surface area (Å²) in [7, 11) is 0. The molecule has 9 heteroatoms. The molecule has 0 heterocycles. The first-order valence-electron chi connectivity index (χ1n) is 20.7. The highest BCUT2D eigenvalue weighted by molar-refractivity contribution is 8.00. The maximum Gasteiger partial charge on any atom is 0.247 e. The SMILES string of the molecule is CC(C)(C)N(C(=O)[O-])[C@@H](CSC(c1ccccc1)(c1ccccc1)c1ccccc1)C(=O)Nc1ccc(NC(=O)C(c2ccccc2)c2ccccc2)c(C(=O)c2ccccc2)c1. The van der Waals surface area contributed by atoms with Crippen LogP contribution in [0.15, 0.2) is 200 Å². The summed E-state index contributed by atoms with van der Waals surface area (Å²) >= 11 is 1.46. The van der Waals surface area contributed by atoms with Crippen LogP contribution in [0.4, 0.5) is 16.2 Å². The Kier molecular flexibility index (Phi) is 13.7. The van der Waals surface area contributed by atoms with E-state index in [2.05, 4.69) is 10.6 Å². The van der Waals surface area contributed by atoms with Gasteiger partial charge in [0.25, 0.3) is 0 Å². The van der Waals surface area contributed by atoms with Crippen molar-refractivity contribution in [2.45, 2.75) is 43.0 Å². The smallest absolute Gasteiger partial charge is 0.247 e. The molecule has 0 unspecified atom stereocenters. The summed E-state index contributed by atoms with van der Waals surface area (Å²) in [5, 5.41) is 19.1. The standard InChI is InChI=1S/C54H49N3O5S/c1-53(2,3)57(52(61)62)47(37-63-54(41-28-16-7-17-29-41,42-30-18-8-19-31-42)43-32-20-9-21-33-43)50(59)55-44-34-35-46(45(36-44)49(58)40-26-14-6-15-27-40)56-51(60)48(38-22-10-4-11-23-38)39-24-12-5-13-25-39/h4-36,47-48H,37H2,1-3H3,(H,55,59)(H,56,60)(H,61,62)/p-1/t47-/m0/s1. The molecule has 0 aliphatic carbocycles. The average molecular weight is 851 g/mol. The van der Waals surface area contributed by atoms with Crippen LogP contribution >= 0.6 is 11.8 Å². The Hall–Kier alpha value is -7.23. The number of nitrogens with zero attached hydrogens (tertiary/aromatic N) is 1. The molecular weight excluding hydrogens is 803 g/mol. The van der Waals surface area contributed by atoms with Gasteiger partial charge in [0.15, 0.2) is 5.78 Å². The normalized spacial score (nSPS) is 11.9. The molecule has 7 aromatic rings. The van der Waals surface area contributed by atoms with Crippen molar-refractivity contribution in [2.24, 2.45) is 0 Å². The summed E-state index contributed by atoms with van der Waals surface area (Å²) in [6.07, 6.45) is -1.50.